The summed E-state index contributed by atoms with van der Waals surface area (Å²) in [5.74, 6) is -0.0997. The Kier molecular flexibility index (Phi) is 5.58. The van der Waals surface area contributed by atoms with Crippen molar-refractivity contribution >= 4 is 18.0 Å². The minimum absolute atomic E-state index is 0.251. The van der Waals surface area contributed by atoms with Crippen LogP contribution in [0, 0.1) is 0 Å². The molecule has 0 spiro atoms. The minimum atomic E-state index is -0.792. The van der Waals surface area contributed by atoms with E-state index in [1.54, 1.807) is 13.0 Å². The molecule has 1 saturated carbocycles. The lowest BCUT2D eigenvalue weighted by Crippen LogP contribution is -2.36. The van der Waals surface area contributed by atoms with E-state index < -0.39 is 12.1 Å². The van der Waals surface area contributed by atoms with Gasteiger partial charge in [0.05, 0.1) is 6.61 Å². The predicted molar refractivity (Wildman–Crippen MR) is 83.4 cm³/mol. The molecule has 0 saturated heterocycles. The van der Waals surface area contributed by atoms with Crippen molar-refractivity contribution in [2.24, 2.45) is 0 Å². The van der Waals surface area contributed by atoms with Crippen LogP contribution in [0.2, 0.25) is 0 Å². The standard InChI is InChI=1S/C17H21NO4/c1-3-21-15-7-5-4-6-13(15)8-11-16(19)22-12(2)17(20)18-14-9-10-14/h4-8,11-12,14H,3,9-10H2,1-2H3,(H,18,20)/b11-8+/t12-/m1/s1. The number of hydrogen-bond acceptors (Lipinski definition) is 4. The molecule has 1 fully saturated rings. The second-order valence-corrected chi connectivity index (χ2v) is 5.17. The van der Waals surface area contributed by atoms with E-state index in [4.69, 9.17) is 9.47 Å². The van der Waals surface area contributed by atoms with Crippen LogP contribution in [0.5, 0.6) is 5.75 Å². The molecule has 0 bridgehead atoms. The van der Waals surface area contributed by atoms with E-state index in [1.165, 1.54) is 6.08 Å². The Bertz CT molecular complexity index is 564. The van der Waals surface area contributed by atoms with Crippen molar-refractivity contribution < 1.29 is 19.1 Å². The number of ether oxygens (including phenoxy) is 2. The zero-order chi connectivity index (χ0) is 15.9. The highest BCUT2D eigenvalue weighted by molar-refractivity contribution is 5.90. The highest BCUT2D eigenvalue weighted by Gasteiger charge is 2.26. The van der Waals surface area contributed by atoms with Crippen LogP contribution in [0.4, 0.5) is 0 Å². The zero-order valence-corrected chi connectivity index (χ0v) is 12.9. The summed E-state index contributed by atoms with van der Waals surface area (Å²) in [5, 5.41) is 2.80. The third-order valence-corrected chi connectivity index (χ3v) is 3.20. The molecule has 5 nitrogen and oxygen atoms in total. The number of carbonyl (C=O) groups is 2. The highest BCUT2D eigenvalue weighted by atomic mass is 16.5. The maximum absolute atomic E-state index is 11.8. The molecule has 1 atom stereocenters. The van der Waals surface area contributed by atoms with Gasteiger partial charge in [-0.3, -0.25) is 4.79 Å². The van der Waals surface area contributed by atoms with Crippen LogP contribution in [0.3, 0.4) is 0 Å². The fourth-order valence-electron chi connectivity index (χ4n) is 1.88. The number of benzene rings is 1. The molecule has 1 aromatic rings. The first-order chi connectivity index (χ1) is 10.6. The van der Waals surface area contributed by atoms with E-state index in [0.29, 0.717) is 12.4 Å². The number of para-hydroxylation sites is 1. The SMILES string of the molecule is CCOc1ccccc1/C=C/C(=O)O[C@H](C)C(=O)NC1CC1. The quantitative estimate of drug-likeness (QED) is 0.620. The van der Waals surface area contributed by atoms with Crippen LogP contribution in [0.15, 0.2) is 30.3 Å². The van der Waals surface area contributed by atoms with E-state index in [-0.39, 0.29) is 11.9 Å². The Morgan fingerprint density at radius 3 is 2.77 bits per heavy atom. The van der Waals surface area contributed by atoms with Gasteiger partial charge in [-0.05, 0) is 38.8 Å². The Morgan fingerprint density at radius 2 is 2.09 bits per heavy atom. The maximum Gasteiger partial charge on any atom is 0.331 e. The van der Waals surface area contributed by atoms with Crippen molar-refractivity contribution in [3.63, 3.8) is 0 Å². The average molecular weight is 303 g/mol. The van der Waals surface area contributed by atoms with Crippen molar-refractivity contribution in [2.75, 3.05) is 6.61 Å². The largest absolute Gasteiger partial charge is 0.493 e. The Hall–Kier alpha value is -2.30. The molecule has 1 amide bonds. The summed E-state index contributed by atoms with van der Waals surface area (Å²) in [5.41, 5.74) is 0.788. The molecule has 1 aliphatic rings. The molecule has 1 aromatic carbocycles. The van der Waals surface area contributed by atoms with Crippen molar-refractivity contribution in [1.29, 1.82) is 0 Å². The number of carbonyl (C=O) groups excluding carboxylic acids is 2. The summed E-state index contributed by atoms with van der Waals surface area (Å²) in [6.07, 6.45) is 4.14. The molecule has 0 unspecified atom stereocenters. The van der Waals surface area contributed by atoms with Gasteiger partial charge < -0.3 is 14.8 Å². The second kappa shape index (κ2) is 7.64. The van der Waals surface area contributed by atoms with Crippen molar-refractivity contribution in [3.05, 3.63) is 35.9 Å². The molecule has 118 valence electrons. The average Bonchev–Trinajstić information content (AvgIpc) is 3.30. The van der Waals surface area contributed by atoms with Crippen LogP contribution in [0.25, 0.3) is 6.08 Å². The van der Waals surface area contributed by atoms with Gasteiger partial charge in [0.1, 0.15) is 5.75 Å². The number of amides is 1. The lowest BCUT2D eigenvalue weighted by atomic mass is 10.2. The lowest BCUT2D eigenvalue weighted by Gasteiger charge is -2.11. The summed E-state index contributed by atoms with van der Waals surface area (Å²) < 4.78 is 10.6. The van der Waals surface area contributed by atoms with Gasteiger partial charge in [-0.15, -0.1) is 0 Å². The van der Waals surface area contributed by atoms with E-state index in [0.717, 1.165) is 18.4 Å². The normalized spacial score (nSPS) is 15.4. The van der Waals surface area contributed by atoms with Gasteiger partial charge >= 0.3 is 5.97 Å². The Morgan fingerprint density at radius 1 is 1.36 bits per heavy atom. The van der Waals surface area contributed by atoms with Crippen LogP contribution < -0.4 is 10.1 Å². The summed E-state index contributed by atoms with van der Waals surface area (Å²) >= 11 is 0. The molecule has 22 heavy (non-hydrogen) atoms. The first-order valence-electron chi connectivity index (χ1n) is 7.51. The monoisotopic (exact) mass is 303 g/mol. The van der Waals surface area contributed by atoms with E-state index >= 15 is 0 Å². The summed E-state index contributed by atoms with van der Waals surface area (Å²) in [7, 11) is 0. The summed E-state index contributed by atoms with van der Waals surface area (Å²) in [6, 6.07) is 7.66. The third kappa shape index (κ3) is 4.91. The van der Waals surface area contributed by atoms with Crippen molar-refractivity contribution in [1.82, 2.24) is 5.32 Å². The first kappa shape index (κ1) is 16.1. The molecule has 5 heteroatoms. The number of esters is 1. The van der Waals surface area contributed by atoms with Gasteiger partial charge in [0.25, 0.3) is 5.91 Å². The minimum Gasteiger partial charge on any atom is -0.493 e. The Balaban J connectivity index is 1.89. The number of hydrogen-bond donors (Lipinski definition) is 1. The second-order valence-electron chi connectivity index (χ2n) is 5.17. The molecule has 1 N–H and O–H groups in total. The van der Waals surface area contributed by atoms with Gasteiger partial charge in [-0.25, -0.2) is 4.79 Å². The smallest absolute Gasteiger partial charge is 0.331 e. The maximum atomic E-state index is 11.8. The van der Waals surface area contributed by atoms with Gasteiger partial charge in [0, 0.05) is 17.7 Å². The summed E-state index contributed by atoms with van der Waals surface area (Å²) in [6.45, 7) is 4.01. The number of nitrogens with one attached hydrogen (secondary N) is 1. The molecule has 0 radical (unpaired) electrons. The number of rotatable bonds is 7. The van der Waals surface area contributed by atoms with Gasteiger partial charge in [0.2, 0.25) is 0 Å². The highest BCUT2D eigenvalue weighted by Crippen LogP contribution is 2.20. The van der Waals surface area contributed by atoms with Crippen LogP contribution in [0.1, 0.15) is 32.3 Å². The molecule has 0 heterocycles. The molecule has 1 aliphatic carbocycles. The van der Waals surface area contributed by atoms with E-state index in [9.17, 15) is 9.59 Å². The van der Waals surface area contributed by atoms with Crippen molar-refractivity contribution in [2.45, 2.75) is 38.8 Å². The predicted octanol–water partition coefficient (Wildman–Crippen LogP) is 2.31. The van der Waals surface area contributed by atoms with Crippen molar-refractivity contribution in [3.8, 4) is 5.75 Å². The molecule has 0 aliphatic heterocycles. The zero-order valence-electron chi connectivity index (χ0n) is 12.9. The first-order valence-corrected chi connectivity index (χ1v) is 7.51. The van der Waals surface area contributed by atoms with Crippen LogP contribution >= 0.6 is 0 Å². The fraction of sp³-hybridized carbons (Fsp3) is 0.412. The molecule has 0 aromatic heterocycles. The van der Waals surface area contributed by atoms with E-state index in [1.807, 2.05) is 31.2 Å². The van der Waals surface area contributed by atoms with Gasteiger partial charge in [-0.2, -0.15) is 0 Å². The Labute approximate surface area is 130 Å². The molecular formula is C17H21NO4. The van der Waals surface area contributed by atoms with Crippen LogP contribution in [-0.2, 0) is 14.3 Å². The topological polar surface area (TPSA) is 64.6 Å². The lowest BCUT2D eigenvalue weighted by molar-refractivity contribution is -0.150. The fourth-order valence-corrected chi connectivity index (χ4v) is 1.88. The molecule has 2 rings (SSSR count). The third-order valence-electron chi connectivity index (χ3n) is 3.20. The molecular weight excluding hydrogens is 282 g/mol. The van der Waals surface area contributed by atoms with Gasteiger partial charge in [0.15, 0.2) is 6.10 Å². The van der Waals surface area contributed by atoms with E-state index in [2.05, 4.69) is 5.32 Å². The van der Waals surface area contributed by atoms with Gasteiger partial charge in [-0.1, -0.05) is 18.2 Å². The summed E-state index contributed by atoms with van der Waals surface area (Å²) in [4.78, 5) is 23.5. The van der Waals surface area contributed by atoms with Crippen LogP contribution in [-0.4, -0.2) is 30.6 Å².